The van der Waals surface area contributed by atoms with Gasteiger partial charge in [0.25, 0.3) is 11.8 Å². The van der Waals surface area contributed by atoms with E-state index >= 15 is 0 Å². The van der Waals surface area contributed by atoms with E-state index in [1.807, 2.05) is 13.0 Å². The van der Waals surface area contributed by atoms with Gasteiger partial charge in [0.05, 0.1) is 25.0 Å². The average Bonchev–Trinajstić information content (AvgIpc) is 3.42. The Morgan fingerprint density at radius 3 is 2.70 bits per heavy atom. The molecular weight excluding hydrogens is 474 g/mol. The van der Waals surface area contributed by atoms with Gasteiger partial charge in [0.15, 0.2) is 5.76 Å². The Hall–Kier alpha value is -3.89. The zero-order valence-corrected chi connectivity index (χ0v) is 20.9. The van der Waals surface area contributed by atoms with Gasteiger partial charge in [-0.2, -0.15) is 0 Å². The van der Waals surface area contributed by atoms with Crippen molar-refractivity contribution in [1.29, 1.82) is 5.41 Å². The number of carbonyl (C=O) groups excluding carboxylic acids is 2. The summed E-state index contributed by atoms with van der Waals surface area (Å²) in [5.41, 5.74) is 9.47. The molecule has 2 heterocycles. The van der Waals surface area contributed by atoms with Crippen LogP contribution in [0.1, 0.15) is 34.3 Å². The maximum atomic E-state index is 13.0. The summed E-state index contributed by atoms with van der Waals surface area (Å²) >= 11 is 0. The van der Waals surface area contributed by atoms with Crippen LogP contribution in [0.15, 0.2) is 48.2 Å². The van der Waals surface area contributed by atoms with E-state index in [4.69, 9.17) is 20.6 Å². The van der Waals surface area contributed by atoms with Gasteiger partial charge in [-0.05, 0) is 55.7 Å². The van der Waals surface area contributed by atoms with Gasteiger partial charge in [0.2, 0.25) is 0 Å². The van der Waals surface area contributed by atoms with Gasteiger partial charge in [-0.1, -0.05) is 6.07 Å². The standard InChI is InChI=1S/C27H33N5O5/c1-17-4-5-20(14-23(17)24(29)15-25(33)27(35)30-16-22-3-2-8-37-22)31-26(34)18-11-19(28)13-21(12-18)32-6-9-36-10-7-32/h4-5,11-15,22,29,33H,2-3,6-10,16,28H2,1H3,(H,30,35)(H,31,34)/b25-15-,29-24?. The fourth-order valence-corrected chi connectivity index (χ4v) is 4.35. The molecule has 4 rings (SSSR count). The zero-order chi connectivity index (χ0) is 26.4. The number of hydrogen-bond donors (Lipinski definition) is 5. The number of amides is 2. The molecule has 2 aromatic rings. The number of benzene rings is 2. The summed E-state index contributed by atoms with van der Waals surface area (Å²) in [7, 11) is 0. The molecule has 0 aliphatic carbocycles. The number of aliphatic hydroxyl groups is 1. The molecule has 0 saturated carbocycles. The maximum absolute atomic E-state index is 13.0. The lowest BCUT2D eigenvalue weighted by molar-refractivity contribution is -0.120. The molecule has 196 valence electrons. The third-order valence-corrected chi connectivity index (χ3v) is 6.39. The highest BCUT2D eigenvalue weighted by atomic mass is 16.5. The molecule has 2 aromatic carbocycles. The van der Waals surface area contributed by atoms with Gasteiger partial charge in [0.1, 0.15) is 0 Å². The first-order valence-electron chi connectivity index (χ1n) is 12.3. The van der Waals surface area contributed by atoms with Gasteiger partial charge < -0.3 is 41.3 Å². The number of aryl methyl sites for hydroxylation is 1. The van der Waals surface area contributed by atoms with Gasteiger partial charge in [0, 0.05) is 60.5 Å². The minimum Gasteiger partial charge on any atom is -0.503 e. The highest BCUT2D eigenvalue weighted by molar-refractivity contribution is 6.12. The van der Waals surface area contributed by atoms with Crippen molar-refractivity contribution in [3.05, 3.63) is 64.9 Å². The highest BCUT2D eigenvalue weighted by Gasteiger charge is 2.19. The van der Waals surface area contributed by atoms with E-state index in [1.54, 1.807) is 30.3 Å². The Morgan fingerprint density at radius 2 is 1.97 bits per heavy atom. The first kappa shape index (κ1) is 26.2. The van der Waals surface area contributed by atoms with Gasteiger partial charge in [-0.15, -0.1) is 0 Å². The van der Waals surface area contributed by atoms with Crippen molar-refractivity contribution in [3.8, 4) is 0 Å². The lowest BCUT2D eigenvalue weighted by Crippen LogP contribution is -2.36. The predicted molar refractivity (Wildman–Crippen MR) is 143 cm³/mol. The molecule has 2 aliphatic rings. The molecule has 6 N–H and O–H groups in total. The molecule has 1 unspecified atom stereocenters. The predicted octanol–water partition coefficient (Wildman–Crippen LogP) is 2.77. The normalized spacial score (nSPS) is 17.9. The summed E-state index contributed by atoms with van der Waals surface area (Å²) < 4.78 is 10.9. The number of anilines is 3. The van der Waals surface area contributed by atoms with Crippen LogP contribution in [0.25, 0.3) is 0 Å². The maximum Gasteiger partial charge on any atom is 0.286 e. The number of nitrogens with one attached hydrogen (secondary N) is 3. The first-order chi connectivity index (χ1) is 17.8. The van der Waals surface area contributed by atoms with E-state index in [9.17, 15) is 14.7 Å². The second kappa shape index (κ2) is 11.9. The number of carbonyl (C=O) groups is 2. The summed E-state index contributed by atoms with van der Waals surface area (Å²) in [6.45, 7) is 5.48. The van der Waals surface area contributed by atoms with E-state index in [-0.39, 0.29) is 17.7 Å². The second-order valence-electron chi connectivity index (χ2n) is 9.18. The van der Waals surface area contributed by atoms with Crippen molar-refractivity contribution < 1.29 is 24.2 Å². The Balaban J connectivity index is 1.44. The SMILES string of the molecule is Cc1ccc(NC(=O)c2cc(N)cc(N3CCOCC3)c2)cc1C(=N)/C=C(\O)C(=O)NCC1CCCO1. The van der Waals surface area contributed by atoms with Crippen LogP contribution in [0.2, 0.25) is 0 Å². The number of rotatable bonds is 8. The quantitative estimate of drug-likeness (QED) is 0.160. The molecule has 10 heteroatoms. The minimum absolute atomic E-state index is 0.0522. The van der Waals surface area contributed by atoms with Crippen LogP contribution in [0.5, 0.6) is 0 Å². The molecule has 0 spiro atoms. The van der Waals surface area contributed by atoms with Crippen LogP contribution >= 0.6 is 0 Å². The molecule has 2 saturated heterocycles. The number of ether oxygens (including phenoxy) is 2. The zero-order valence-electron chi connectivity index (χ0n) is 20.9. The fourth-order valence-electron chi connectivity index (χ4n) is 4.35. The van der Waals surface area contributed by atoms with Crippen molar-refractivity contribution in [2.24, 2.45) is 0 Å². The van der Waals surface area contributed by atoms with Crippen molar-refractivity contribution >= 4 is 34.6 Å². The molecule has 0 bridgehead atoms. The van der Waals surface area contributed by atoms with Crippen LogP contribution in [0.4, 0.5) is 17.1 Å². The van der Waals surface area contributed by atoms with Crippen LogP contribution in [-0.4, -0.2) is 68.2 Å². The molecular formula is C27H33N5O5. The molecule has 37 heavy (non-hydrogen) atoms. The third-order valence-electron chi connectivity index (χ3n) is 6.39. The Labute approximate surface area is 215 Å². The number of nitrogen functional groups attached to an aromatic ring is 1. The smallest absolute Gasteiger partial charge is 0.286 e. The van der Waals surface area contributed by atoms with Crippen molar-refractivity contribution in [1.82, 2.24) is 5.32 Å². The Bertz CT molecular complexity index is 1200. The second-order valence-corrected chi connectivity index (χ2v) is 9.18. The van der Waals surface area contributed by atoms with Crippen LogP contribution in [0.3, 0.4) is 0 Å². The van der Waals surface area contributed by atoms with Crippen LogP contribution < -0.4 is 21.3 Å². The van der Waals surface area contributed by atoms with Crippen molar-refractivity contribution in [2.45, 2.75) is 25.9 Å². The molecule has 0 aromatic heterocycles. The van der Waals surface area contributed by atoms with E-state index < -0.39 is 11.7 Å². The number of nitrogens with two attached hydrogens (primary N) is 1. The van der Waals surface area contributed by atoms with Gasteiger partial charge in [-0.25, -0.2) is 0 Å². The third kappa shape index (κ3) is 6.87. The molecule has 0 radical (unpaired) electrons. The summed E-state index contributed by atoms with van der Waals surface area (Å²) in [5.74, 6) is -1.57. The Morgan fingerprint density at radius 1 is 1.19 bits per heavy atom. The van der Waals surface area contributed by atoms with Gasteiger partial charge >= 0.3 is 0 Å². The lowest BCUT2D eigenvalue weighted by Gasteiger charge is -2.29. The average molecular weight is 508 g/mol. The molecule has 2 fully saturated rings. The topological polar surface area (TPSA) is 150 Å². The number of hydrogen-bond acceptors (Lipinski definition) is 8. The summed E-state index contributed by atoms with van der Waals surface area (Å²) in [6.07, 6.45) is 2.86. The van der Waals surface area contributed by atoms with Gasteiger partial charge in [-0.3, -0.25) is 9.59 Å². The minimum atomic E-state index is -0.667. The number of morpholine rings is 1. The summed E-state index contributed by atoms with van der Waals surface area (Å²) in [4.78, 5) is 27.4. The van der Waals surface area contributed by atoms with Crippen LogP contribution in [0, 0.1) is 12.3 Å². The van der Waals surface area contributed by atoms with E-state index in [1.165, 1.54) is 0 Å². The molecule has 10 nitrogen and oxygen atoms in total. The fraction of sp³-hybridized carbons (Fsp3) is 0.370. The van der Waals surface area contributed by atoms with Crippen molar-refractivity contribution in [3.63, 3.8) is 0 Å². The van der Waals surface area contributed by atoms with Crippen molar-refractivity contribution in [2.75, 3.05) is 55.4 Å². The van der Waals surface area contributed by atoms with E-state index in [0.717, 1.165) is 43.3 Å². The number of aliphatic hydroxyl groups excluding tert-OH is 1. The monoisotopic (exact) mass is 507 g/mol. The lowest BCUT2D eigenvalue weighted by atomic mass is 10.0. The number of nitrogens with zero attached hydrogens (tertiary/aromatic N) is 1. The van der Waals surface area contributed by atoms with E-state index in [2.05, 4.69) is 15.5 Å². The van der Waals surface area contributed by atoms with E-state index in [0.29, 0.717) is 48.9 Å². The first-order valence-corrected chi connectivity index (χ1v) is 12.3. The molecule has 2 aliphatic heterocycles. The molecule has 1 atom stereocenters. The number of allylic oxidation sites excluding steroid dienone is 1. The largest absolute Gasteiger partial charge is 0.503 e. The van der Waals surface area contributed by atoms with Crippen LogP contribution in [-0.2, 0) is 14.3 Å². The molecule has 2 amide bonds. The Kier molecular flexibility index (Phi) is 8.42. The highest BCUT2D eigenvalue weighted by Crippen LogP contribution is 2.24. The summed E-state index contributed by atoms with van der Waals surface area (Å²) in [5, 5.41) is 24.1. The summed E-state index contributed by atoms with van der Waals surface area (Å²) in [6, 6.07) is 10.4.